The van der Waals surface area contributed by atoms with Crippen molar-refractivity contribution in [3.63, 3.8) is 0 Å². The molecule has 0 amide bonds. The zero-order valence-electron chi connectivity index (χ0n) is 7.14. The smallest absolute Gasteiger partial charge is 0.00974 e. The number of nitrogens with one attached hydrogen (secondary N) is 1. The van der Waals surface area contributed by atoms with E-state index in [9.17, 15) is 0 Å². The van der Waals surface area contributed by atoms with E-state index < -0.39 is 0 Å². The molecular weight excluding hydrogens is 183 g/mol. The number of unbranched alkanes of at least 4 members (excludes halogenated alkanes) is 4. The average molecular weight is 203 g/mol. The van der Waals surface area contributed by atoms with Gasteiger partial charge in [0.25, 0.3) is 0 Å². The van der Waals surface area contributed by atoms with E-state index in [2.05, 4.69) is 12.3 Å². The lowest BCUT2D eigenvalue weighted by Gasteiger charge is -1.97. The molecule has 72 valence electrons. The van der Waals surface area contributed by atoms with Gasteiger partial charge < -0.3 is 0 Å². The Morgan fingerprint density at radius 2 is 1.55 bits per heavy atom. The monoisotopic (exact) mass is 202 g/mol. The second-order valence-electron chi connectivity index (χ2n) is 2.37. The molecule has 0 aliphatic carbocycles. The summed E-state index contributed by atoms with van der Waals surface area (Å²) in [7, 11) is 0. The van der Waals surface area contributed by atoms with Crippen LogP contribution in [0.3, 0.4) is 0 Å². The molecule has 0 fully saturated rings. The highest BCUT2D eigenvalue weighted by Gasteiger charge is 1.85. The van der Waals surface area contributed by atoms with Crippen LogP contribution in [-0.2, 0) is 0 Å². The second-order valence-corrected chi connectivity index (χ2v) is 2.37. The quantitative estimate of drug-likeness (QED) is 0.394. The molecule has 11 heavy (non-hydrogen) atoms. The van der Waals surface area contributed by atoms with Crippen LogP contribution >= 0.6 is 24.8 Å². The van der Waals surface area contributed by atoms with Crippen LogP contribution in [0.25, 0.3) is 0 Å². The van der Waals surface area contributed by atoms with Crippen molar-refractivity contribution in [2.24, 2.45) is 5.84 Å². The van der Waals surface area contributed by atoms with E-state index in [0.717, 1.165) is 6.54 Å². The van der Waals surface area contributed by atoms with E-state index in [1.807, 2.05) is 0 Å². The molecule has 0 rings (SSSR count). The van der Waals surface area contributed by atoms with Crippen molar-refractivity contribution in [2.45, 2.75) is 39.0 Å². The predicted molar refractivity (Wildman–Crippen MR) is 55.4 cm³/mol. The largest absolute Gasteiger partial charge is 0.271 e. The van der Waals surface area contributed by atoms with Gasteiger partial charge in [-0.05, 0) is 6.42 Å². The third-order valence-corrected chi connectivity index (χ3v) is 1.42. The van der Waals surface area contributed by atoms with Crippen LogP contribution in [0, 0.1) is 0 Å². The van der Waals surface area contributed by atoms with E-state index in [-0.39, 0.29) is 24.8 Å². The highest BCUT2D eigenvalue weighted by molar-refractivity contribution is 5.85. The first-order valence-electron chi connectivity index (χ1n) is 3.85. The number of halogens is 2. The standard InChI is InChI=1S/C7H18N2.2ClH/c1-2-3-4-5-6-7-9-8;;/h9H,2-8H2,1H3;2*1H. The molecule has 4 heteroatoms. The molecule has 0 atom stereocenters. The maximum absolute atomic E-state index is 5.09. The van der Waals surface area contributed by atoms with Crippen LogP contribution in [0.5, 0.6) is 0 Å². The zero-order valence-corrected chi connectivity index (χ0v) is 8.77. The van der Waals surface area contributed by atoms with Crippen LogP contribution in [0.2, 0.25) is 0 Å². The van der Waals surface area contributed by atoms with Gasteiger partial charge in [-0.1, -0.05) is 32.6 Å². The summed E-state index contributed by atoms with van der Waals surface area (Å²) < 4.78 is 0. The summed E-state index contributed by atoms with van der Waals surface area (Å²) >= 11 is 0. The van der Waals surface area contributed by atoms with E-state index in [1.54, 1.807) is 0 Å². The summed E-state index contributed by atoms with van der Waals surface area (Å²) in [5.41, 5.74) is 2.64. The Morgan fingerprint density at radius 1 is 1.00 bits per heavy atom. The Bertz CT molecular complexity index is 47.7. The van der Waals surface area contributed by atoms with Crippen molar-refractivity contribution in [2.75, 3.05) is 6.54 Å². The lowest BCUT2D eigenvalue weighted by molar-refractivity contribution is 0.595. The zero-order chi connectivity index (χ0) is 6.95. The average Bonchev–Trinajstić information content (AvgIpc) is 1.89. The van der Waals surface area contributed by atoms with E-state index in [4.69, 9.17) is 5.84 Å². The van der Waals surface area contributed by atoms with Gasteiger partial charge >= 0.3 is 0 Å². The molecular formula is C7H20Cl2N2. The lowest BCUT2D eigenvalue weighted by Crippen LogP contribution is -2.22. The SMILES string of the molecule is CCCCCCCNN.Cl.Cl. The van der Waals surface area contributed by atoms with Crippen molar-refractivity contribution < 1.29 is 0 Å². The first kappa shape index (κ1) is 17.5. The third-order valence-electron chi connectivity index (χ3n) is 1.42. The Kier molecular flexibility index (Phi) is 26.9. The normalized spacial score (nSPS) is 8.18. The Morgan fingerprint density at radius 3 is 2.00 bits per heavy atom. The Balaban J connectivity index is -0.000000320. The van der Waals surface area contributed by atoms with Crippen LogP contribution < -0.4 is 11.3 Å². The minimum Gasteiger partial charge on any atom is -0.271 e. The number of nitrogens with two attached hydrogens (primary N) is 1. The Labute approximate surface area is 82.1 Å². The summed E-state index contributed by atoms with van der Waals surface area (Å²) in [6.07, 6.45) is 6.58. The molecule has 0 aromatic rings. The molecule has 3 N–H and O–H groups in total. The van der Waals surface area contributed by atoms with E-state index in [1.165, 1.54) is 32.1 Å². The predicted octanol–water partition coefficient (Wildman–Crippen LogP) is 2.26. The lowest BCUT2D eigenvalue weighted by atomic mass is 10.2. The maximum Gasteiger partial charge on any atom is 0.00974 e. The van der Waals surface area contributed by atoms with Crippen LogP contribution in [0.4, 0.5) is 0 Å². The topological polar surface area (TPSA) is 38.0 Å². The van der Waals surface area contributed by atoms with Crippen molar-refractivity contribution in [1.29, 1.82) is 0 Å². The van der Waals surface area contributed by atoms with Crippen LogP contribution in [0.1, 0.15) is 39.0 Å². The second kappa shape index (κ2) is 16.8. The molecule has 0 bridgehead atoms. The molecule has 0 aliphatic heterocycles. The van der Waals surface area contributed by atoms with Gasteiger partial charge in [0, 0.05) is 6.54 Å². The summed E-state index contributed by atoms with van der Waals surface area (Å²) in [5.74, 6) is 5.09. The van der Waals surface area contributed by atoms with Gasteiger partial charge in [-0.15, -0.1) is 24.8 Å². The number of rotatable bonds is 6. The molecule has 2 nitrogen and oxygen atoms in total. The van der Waals surface area contributed by atoms with Crippen LogP contribution in [-0.4, -0.2) is 6.54 Å². The van der Waals surface area contributed by atoms with Gasteiger partial charge in [0.15, 0.2) is 0 Å². The molecule has 0 heterocycles. The first-order valence-corrected chi connectivity index (χ1v) is 3.85. The summed E-state index contributed by atoms with van der Waals surface area (Å²) in [4.78, 5) is 0. The van der Waals surface area contributed by atoms with Crippen LogP contribution in [0.15, 0.2) is 0 Å². The summed E-state index contributed by atoms with van der Waals surface area (Å²) in [5, 5.41) is 0. The molecule has 0 aliphatic rings. The first-order chi connectivity index (χ1) is 4.41. The molecule has 0 aromatic heterocycles. The maximum atomic E-state index is 5.09. The van der Waals surface area contributed by atoms with E-state index in [0.29, 0.717) is 0 Å². The minimum atomic E-state index is 0. The fourth-order valence-corrected chi connectivity index (χ4v) is 0.831. The molecule has 0 saturated heterocycles. The van der Waals surface area contributed by atoms with Gasteiger partial charge in [-0.25, -0.2) is 0 Å². The van der Waals surface area contributed by atoms with Crippen molar-refractivity contribution in [1.82, 2.24) is 5.43 Å². The number of hydrazine groups is 1. The van der Waals surface area contributed by atoms with Crippen molar-refractivity contribution in [3.8, 4) is 0 Å². The van der Waals surface area contributed by atoms with E-state index >= 15 is 0 Å². The van der Waals surface area contributed by atoms with Gasteiger partial charge in [-0.2, -0.15) is 0 Å². The molecule has 0 unspecified atom stereocenters. The van der Waals surface area contributed by atoms with Gasteiger partial charge in [0.05, 0.1) is 0 Å². The summed E-state index contributed by atoms with van der Waals surface area (Å²) in [6.45, 7) is 3.19. The summed E-state index contributed by atoms with van der Waals surface area (Å²) in [6, 6.07) is 0. The van der Waals surface area contributed by atoms with Crippen molar-refractivity contribution in [3.05, 3.63) is 0 Å². The molecule has 0 radical (unpaired) electrons. The van der Waals surface area contributed by atoms with Gasteiger partial charge in [0.1, 0.15) is 0 Å². The fourth-order valence-electron chi connectivity index (χ4n) is 0.831. The van der Waals surface area contributed by atoms with Crippen molar-refractivity contribution >= 4 is 24.8 Å². The molecule has 0 spiro atoms. The molecule has 0 aromatic carbocycles. The minimum absolute atomic E-state index is 0. The van der Waals surface area contributed by atoms with Gasteiger partial charge in [-0.3, -0.25) is 11.3 Å². The fraction of sp³-hybridized carbons (Fsp3) is 1.00. The third kappa shape index (κ3) is 18.0. The van der Waals surface area contributed by atoms with Gasteiger partial charge in [0.2, 0.25) is 0 Å². The highest BCUT2D eigenvalue weighted by Crippen LogP contribution is 2.00. The number of hydrogen-bond donors (Lipinski definition) is 2. The Hall–Kier alpha value is 0.500. The highest BCUT2D eigenvalue weighted by atomic mass is 35.5. The molecule has 0 saturated carbocycles. The number of hydrogen-bond acceptors (Lipinski definition) is 2.